The maximum absolute atomic E-state index is 14.1. The Morgan fingerprint density at radius 2 is 2.18 bits per heavy atom. The molecule has 2 rings (SSSR count). The summed E-state index contributed by atoms with van der Waals surface area (Å²) < 4.78 is 21.1. The monoisotopic (exact) mass is 325 g/mol. The summed E-state index contributed by atoms with van der Waals surface area (Å²) in [6.45, 7) is 3.87. The van der Waals surface area contributed by atoms with E-state index in [1.54, 1.807) is 6.08 Å². The van der Waals surface area contributed by atoms with Gasteiger partial charge in [0.15, 0.2) is 5.82 Å². The summed E-state index contributed by atoms with van der Waals surface area (Å²) in [6, 6.07) is 2.29. The van der Waals surface area contributed by atoms with Gasteiger partial charge in [0.1, 0.15) is 17.6 Å². The molecule has 1 heterocycles. The van der Waals surface area contributed by atoms with E-state index in [4.69, 9.17) is 16.3 Å². The van der Waals surface area contributed by atoms with E-state index in [1.165, 1.54) is 13.1 Å². The molecule has 1 aromatic heterocycles. The number of nitrogens with zero attached hydrogens (tertiary/aromatic N) is 3. The summed E-state index contributed by atoms with van der Waals surface area (Å²) >= 11 is 5.91. The highest BCUT2D eigenvalue weighted by Gasteiger charge is 2.14. The van der Waals surface area contributed by atoms with Gasteiger partial charge in [0.25, 0.3) is 5.56 Å². The molecule has 0 saturated heterocycles. The van der Waals surface area contributed by atoms with E-state index >= 15 is 0 Å². The fourth-order valence-electron chi connectivity index (χ4n) is 1.69. The van der Waals surface area contributed by atoms with Crippen molar-refractivity contribution in [2.24, 2.45) is 7.05 Å². The number of rotatable bonds is 5. The molecule has 0 spiro atoms. The molecule has 0 bridgehead atoms. The average molecular weight is 326 g/mol. The van der Waals surface area contributed by atoms with Gasteiger partial charge in [-0.25, -0.2) is 9.18 Å². The Labute approximate surface area is 130 Å². The lowest BCUT2D eigenvalue weighted by Crippen LogP contribution is -2.38. The average Bonchev–Trinajstić information content (AvgIpc) is 2.48. The first-order chi connectivity index (χ1) is 10.5. The molecule has 0 aliphatic heterocycles. The summed E-state index contributed by atoms with van der Waals surface area (Å²) in [7, 11) is 1.28. The number of hydrogen-bond donors (Lipinski definition) is 0. The van der Waals surface area contributed by atoms with Crippen molar-refractivity contribution in [1.82, 2.24) is 14.3 Å². The fraction of sp³-hybridized carbons (Fsp3) is 0.214. The Morgan fingerprint density at radius 3 is 2.86 bits per heavy atom. The first-order valence-electron chi connectivity index (χ1n) is 6.34. The molecule has 6 nitrogen and oxygen atoms in total. The van der Waals surface area contributed by atoms with Crippen LogP contribution in [0.2, 0.25) is 5.02 Å². The van der Waals surface area contributed by atoms with Crippen LogP contribution in [0.1, 0.15) is 6.42 Å². The van der Waals surface area contributed by atoms with Gasteiger partial charge >= 0.3 is 5.69 Å². The van der Waals surface area contributed by atoms with Crippen LogP contribution in [0.3, 0.4) is 0 Å². The molecular formula is C14H13ClFN3O3. The van der Waals surface area contributed by atoms with Crippen LogP contribution in [0.4, 0.5) is 4.39 Å². The molecule has 0 aliphatic carbocycles. The topological polar surface area (TPSA) is 66.1 Å². The summed E-state index contributed by atoms with van der Waals surface area (Å²) in [5.74, 6) is -0.545. The first-order valence-corrected chi connectivity index (χ1v) is 6.72. The third-order valence-corrected chi connectivity index (χ3v) is 3.19. The lowest BCUT2D eigenvalue weighted by Gasteiger charge is -2.11. The van der Waals surface area contributed by atoms with E-state index in [-0.39, 0.29) is 16.5 Å². The van der Waals surface area contributed by atoms with E-state index in [9.17, 15) is 14.0 Å². The van der Waals surface area contributed by atoms with Crippen molar-refractivity contribution < 1.29 is 9.13 Å². The van der Waals surface area contributed by atoms with Crippen LogP contribution in [-0.4, -0.2) is 21.0 Å². The van der Waals surface area contributed by atoms with Gasteiger partial charge in [-0.2, -0.15) is 9.78 Å². The zero-order valence-corrected chi connectivity index (χ0v) is 12.5. The van der Waals surface area contributed by atoms with Gasteiger partial charge in [-0.15, -0.1) is 6.58 Å². The summed E-state index contributed by atoms with van der Waals surface area (Å²) in [4.78, 5) is 23.4. The summed E-state index contributed by atoms with van der Waals surface area (Å²) in [5.41, 5.74) is -1.51. The summed E-state index contributed by atoms with van der Waals surface area (Å²) in [5, 5.41) is 3.73. The van der Waals surface area contributed by atoms with Crippen LogP contribution in [0.5, 0.6) is 5.75 Å². The van der Waals surface area contributed by atoms with Gasteiger partial charge in [-0.1, -0.05) is 17.7 Å². The summed E-state index contributed by atoms with van der Waals surface area (Å²) in [6.07, 6.45) is 3.17. The Bertz CT molecular complexity index is 829. The minimum atomic E-state index is -0.772. The number of hydrogen-bond acceptors (Lipinski definition) is 4. The molecule has 8 heteroatoms. The highest BCUT2D eigenvalue weighted by atomic mass is 35.5. The quantitative estimate of drug-likeness (QED) is 0.619. The molecule has 0 fully saturated rings. The second-order valence-electron chi connectivity index (χ2n) is 4.40. The first kappa shape index (κ1) is 16.0. The maximum atomic E-state index is 14.1. The molecule has 0 aliphatic rings. The zero-order valence-electron chi connectivity index (χ0n) is 11.8. The van der Waals surface area contributed by atoms with Crippen molar-refractivity contribution in [3.63, 3.8) is 0 Å². The van der Waals surface area contributed by atoms with Crippen LogP contribution >= 0.6 is 11.6 Å². The Balaban J connectivity index is 2.54. The third-order valence-electron chi connectivity index (χ3n) is 2.89. The molecular weight excluding hydrogens is 313 g/mol. The van der Waals surface area contributed by atoms with Crippen LogP contribution < -0.4 is 16.0 Å². The number of aromatic nitrogens is 3. The van der Waals surface area contributed by atoms with Gasteiger partial charge in [-0.05, 0) is 12.5 Å². The Kier molecular flexibility index (Phi) is 4.77. The largest absolute Gasteiger partial charge is 0.492 e. The van der Waals surface area contributed by atoms with E-state index < -0.39 is 17.1 Å². The number of benzene rings is 1. The third kappa shape index (κ3) is 3.09. The smallest absolute Gasteiger partial charge is 0.352 e. The van der Waals surface area contributed by atoms with Gasteiger partial charge in [0, 0.05) is 13.1 Å². The molecule has 0 atom stereocenters. The predicted octanol–water partition coefficient (Wildman–Crippen LogP) is 1.68. The van der Waals surface area contributed by atoms with Crippen molar-refractivity contribution in [2.75, 3.05) is 6.61 Å². The zero-order chi connectivity index (χ0) is 16.3. The predicted molar refractivity (Wildman–Crippen MR) is 80.4 cm³/mol. The minimum absolute atomic E-state index is 0.0724. The molecule has 0 amide bonds. The van der Waals surface area contributed by atoms with Crippen molar-refractivity contribution in [2.45, 2.75) is 6.42 Å². The molecule has 116 valence electrons. The van der Waals surface area contributed by atoms with Crippen LogP contribution in [-0.2, 0) is 7.05 Å². The highest BCUT2D eigenvalue weighted by Crippen LogP contribution is 2.29. The van der Waals surface area contributed by atoms with Gasteiger partial charge in [0.05, 0.1) is 11.6 Å². The van der Waals surface area contributed by atoms with Crippen LogP contribution in [0, 0.1) is 5.82 Å². The molecule has 0 saturated carbocycles. The molecule has 0 N–H and O–H groups in total. The second kappa shape index (κ2) is 6.57. The van der Waals surface area contributed by atoms with Crippen molar-refractivity contribution in [3.05, 3.63) is 62.7 Å². The van der Waals surface area contributed by atoms with E-state index in [0.717, 1.165) is 21.5 Å². The molecule has 1 aromatic carbocycles. The second-order valence-corrected chi connectivity index (χ2v) is 4.80. The van der Waals surface area contributed by atoms with Gasteiger partial charge in [-0.3, -0.25) is 9.36 Å². The van der Waals surface area contributed by atoms with Crippen molar-refractivity contribution >= 4 is 11.6 Å². The molecule has 2 aromatic rings. The maximum Gasteiger partial charge on any atom is 0.352 e. The standard InChI is InChI=1S/C14H13ClFN3O3/c1-3-4-5-22-12-7-11(10(16)6-9(12)15)19-14(21)18(2)13(20)8-17-19/h3,6-8H,1,4-5H2,2H3. The fourth-order valence-corrected chi connectivity index (χ4v) is 1.89. The van der Waals surface area contributed by atoms with Gasteiger partial charge in [0.2, 0.25) is 0 Å². The van der Waals surface area contributed by atoms with E-state index in [0.29, 0.717) is 13.0 Å². The van der Waals surface area contributed by atoms with Crippen molar-refractivity contribution in [1.29, 1.82) is 0 Å². The number of ether oxygens (including phenoxy) is 1. The van der Waals surface area contributed by atoms with E-state index in [1.807, 2.05) is 0 Å². The normalized spacial score (nSPS) is 10.5. The van der Waals surface area contributed by atoms with Crippen LogP contribution in [0.25, 0.3) is 5.69 Å². The Hall–Kier alpha value is -2.41. The minimum Gasteiger partial charge on any atom is -0.492 e. The Morgan fingerprint density at radius 1 is 1.45 bits per heavy atom. The lowest BCUT2D eigenvalue weighted by molar-refractivity contribution is 0.324. The molecule has 0 unspecified atom stereocenters. The molecule has 0 radical (unpaired) electrons. The molecule has 22 heavy (non-hydrogen) atoms. The van der Waals surface area contributed by atoms with Crippen LogP contribution in [0.15, 0.2) is 40.6 Å². The number of halogens is 2. The highest BCUT2D eigenvalue weighted by molar-refractivity contribution is 6.32. The van der Waals surface area contributed by atoms with Crippen molar-refractivity contribution in [3.8, 4) is 11.4 Å². The SMILES string of the molecule is C=CCCOc1cc(-n2ncc(=O)n(C)c2=O)c(F)cc1Cl. The lowest BCUT2D eigenvalue weighted by atomic mass is 10.3. The van der Waals surface area contributed by atoms with Gasteiger partial charge < -0.3 is 4.74 Å². The van der Waals surface area contributed by atoms with E-state index in [2.05, 4.69) is 11.7 Å².